The SMILES string of the molecule is CC(=O)O.N=C(N)CN=Cc1c(Cl)cccc1[N+](=O)[O-]. The topological polar surface area (TPSA) is 143 Å². The van der Waals surface area contributed by atoms with E-state index in [0.717, 1.165) is 6.92 Å². The molecular formula is C11H13ClN4O4. The monoisotopic (exact) mass is 300 g/mol. The van der Waals surface area contributed by atoms with E-state index in [2.05, 4.69) is 4.99 Å². The summed E-state index contributed by atoms with van der Waals surface area (Å²) in [6.45, 7) is 1.07. The van der Waals surface area contributed by atoms with Gasteiger partial charge in [0.15, 0.2) is 0 Å². The van der Waals surface area contributed by atoms with Crippen LogP contribution in [0, 0.1) is 15.5 Å². The molecule has 0 saturated heterocycles. The van der Waals surface area contributed by atoms with Crippen LogP contribution in [-0.4, -0.2) is 34.6 Å². The molecule has 8 nitrogen and oxygen atoms in total. The average molecular weight is 301 g/mol. The standard InChI is InChI=1S/C9H9ClN4O2.C2H4O2/c10-7-2-1-3-8(14(15)16)6(7)4-13-5-9(11)12;1-2(3)4/h1-4H,5H2,(H3,11,12);1H3,(H,3,4). The van der Waals surface area contributed by atoms with Gasteiger partial charge in [-0.2, -0.15) is 0 Å². The van der Waals surface area contributed by atoms with Crippen LogP contribution in [0.3, 0.4) is 0 Å². The van der Waals surface area contributed by atoms with Crippen molar-refractivity contribution in [2.45, 2.75) is 6.92 Å². The number of halogens is 1. The highest BCUT2D eigenvalue weighted by Gasteiger charge is 2.14. The second-order valence-electron chi connectivity index (χ2n) is 3.44. The molecule has 0 fully saturated rings. The molecule has 1 aromatic carbocycles. The van der Waals surface area contributed by atoms with Gasteiger partial charge in [0.05, 0.1) is 22.1 Å². The van der Waals surface area contributed by atoms with Crippen LogP contribution in [0.4, 0.5) is 5.69 Å². The van der Waals surface area contributed by atoms with Crippen molar-refractivity contribution in [3.63, 3.8) is 0 Å². The molecule has 0 unspecified atom stereocenters. The number of carboxylic acids is 1. The van der Waals surface area contributed by atoms with Gasteiger partial charge in [-0.25, -0.2) is 0 Å². The normalized spacial score (nSPS) is 9.70. The third-order valence-corrected chi connectivity index (χ3v) is 2.04. The summed E-state index contributed by atoms with van der Waals surface area (Å²) in [4.78, 5) is 22.9. The van der Waals surface area contributed by atoms with Crippen LogP contribution in [0.2, 0.25) is 5.02 Å². The quantitative estimate of drug-likeness (QED) is 0.335. The lowest BCUT2D eigenvalue weighted by Gasteiger charge is -1.99. The Bertz CT molecular complexity index is 541. The molecule has 0 spiro atoms. The Balaban J connectivity index is 0.000000796. The number of nitro groups is 1. The van der Waals surface area contributed by atoms with E-state index in [4.69, 9.17) is 32.6 Å². The minimum atomic E-state index is -0.833. The number of hydrogen-bond acceptors (Lipinski definition) is 5. The summed E-state index contributed by atoms with van der Waals surface area (Å²) in [6.07, 6.45) is 1.25. The number of aliphatic carboxylic acids is 1. The molecule has 0 aromatic heterocycles. The van der Waals surface area contributed by atoms with Crippen molar-refractivity contribution in [3.8, 4) is 0 Å². The van der Waals surface area contributed by atoms with Gasteiger partial charge in [0.25, 0.3) is 11.7 Å². The number of carbonyl (C=O) groups is 1. The predicted octanol–water partition coefficient (Wildman–Crippen LogP) is 1.69. The largest absolute Gasteiger partial charge is 0.481 e. The zero-order valence-corrected chi connectivity index (χ0v) is 11.3. The predicted molar refractivity (Wildman–Crippen MR) is 75.8 cm³/mol. The van der Waals surface area contributed by atoms with Crippen LogP contribution in [-0.2, 0) is 4.79 Å². The van der Waals surface area contributed by atoms with Crippen molar-refractivity contribution in [3.05, 3.63) is 38.9 Å². The molecule has 0 saturated carbocycles. The number of hydrogen-bond donors (Lipinski definition) is 3. The Morgan fingerprint density at radius 3 is 2.65 bits per heavy atom. The maximum atomic E-state index is 10.7. The lowest BCUT2D eigenvalue weighted by Crippen LogP contribution is -2.13. The van der Waals surface area contributed by atoms with Gasteiger partial charge in [0.1, 0.15) is 5.84 Å². The first kappa shape index (κ1) is 17.5. The Kier molecular flexibility index (Phi) is 7.53. The van der Waals surface area contributed by atoms with Gasteiger partial charge in [-0.1, -0.05) is 17.7 Å². The maximum Gasteiger partial charge on any atom is 0.300 e. The summed E-state index contributed by atoms with van der Waals surface area (Å²) < 4.78 is 0. The van der Waals surface area contributed by atoms with E-state index in [1.165, 1.54) is 24.4 Å². The number of nitro benzene ring substituents is 1. The van der Waals surface area contributed by atoms with Crippen molar-refractivity contribution in [2.24, 2.45) is 10.7 Å². The second kappa shape index (κ2) is 8.59. The summed E-state index contributed by atoms with van der Waals surface area (Å²) in [5.74, 6) is -0.953. The average Bonchev–Trinajstić information content (AvgIpc) is 2.29. The molecular weight excluding hydrogens is 288 g/mol. The first-order chi connectivity index (χ1) is 9.25. The highest BCUT2D eigenvalue weighted by Crippen LogP contribution is 2.24. The van der Waals surface area contributed by atoms with Crippen LogP contribution in [0.15, 0.2) is 23.2 Å². The molecule has 20 heavy (non-hydrogen) atoms. The molecule has 0 heterocycles. The van der Waals surface area contributed by atoms with Gasteiger partial charge >= 0.3 is 0 Å². The van der Waals surface area contributed by atoms with Gasteiger partial charge in [-0.05, 0) is 6.07 Å². The molecule has 108 valence electrons. The molecule has 9 heteroatoms. The molecule has 4 N–H and O–H groups in total. The first-order valence-corrected chi connectivity index (χ1v) is 5.58. The number of benzene rings is 1. The molecule has 0 aliphatic heterocycles. The lowest BCUT2D eigenvalue weighted by atomic mass is 10.2. The van der Waals surface area contributed by atoms with E-state index in [9.17, 15) is 10.1 Å². The van der Waals surface area contributed by atoms with Crippen LogP contribution in [0.1, 0.15) is 12.5 Å². The number of nitrogens with one attached hydrogen (secondary N) is 1. The minimum absolute atomic E-state index is 0.0115. The molecule has 1 rings (SSSR count). The summed E-state index contributed by atoms with van der Waals surface area (Å²) >= 11 is 5.81. The fraction of sp³-hybridized carbons (Fsp3) is 0.182. The van der Waals surface area contributed by atoms with Crippen LogP contribution in [0.25, 0.3) is 0 Å². The fourth-order valence-electron chi connectivity index (χ4n) is 1.05. The summed E-state index contributed by atoms with van der Waals surface area (Å²) in [6, 6.07) is 4.35. The van der Waals surface area contributed by atoms with Gasteiger partial charge in [-0.3, -0.25) is 25.3 Å². The summed E-state index contributed by atoms with van der Waals surface area (Å²) in [5.41, 5.74) is 5.19. The van der Waals surface area contributed by atoms with E-state index in [-0.39, 0.29) is 28.7 Å². The Morgan fingerprint density at radius 1 is 1.65 bits per heavy atom. The van der Waals surface area contributed by atoms with Crippen molar-refractivity contribution in [1.29, 1.82) is 5.41 Å². The van der Waals surface area contributed by atoms with E-state index in [1.54, 1.807) is 0 Å². The molecule has 0 bridgehead atoms. The third-order valence-electron chi connectivity index (χ3n) is 1.71. The number of nitrogens with zero attached hydrogens (tertiary/aromatic N) is 2. The number of aliphatic imine (C=N–C) groups is 1. The van der Waals surface area contributed by atoms with Crippen molar-refractivity contribution < 1.29 is 14.8 Å². The van der Waals surface area contributed by atoms with Gasteiger partial charge in [0, 0.05) is 19.2 Å². The molecule has 0 radical (unpaired) electrons. The molecule has 0 aliphatic carbocycles. The van der Waals surface area contributed by atoms with Gasteiger partial charge in [-0.15, -0.1) is 0 Å². The van der Waals surface area contributed by atoms with Crippen LogP contribution >= 0.6 is 11.6 Å². The number of carboxylic acid groups (broad SMARTS) is 1. The van der Waals surface area contributed by atoms with Crippen molar-refractivity contribution in [1.82, 2.24) is 0 Å². The summed E-state index contributed by atoms with van der Waals surface area (Å²) in [5, 5.41) is 25.3. The zero-order valence-electron chi connectivity index (χ0n) is 10.5. The third kappa shape index (κ3) is 7.07. The Morgan fingerprint density at radius 2 is 2.20 bits per heavy atom. The smallest absolute Gasteiger partial charge is 0.300 e. The minimum Gasteiger partial charge on any atom is -0.481 e. The zero-order chi connectivity index (χ0) is 15.7. The van der Waals surface area contributed by atoms with E-state index in [0.29, 0.717) is 0 Å². The van der Waals surface area contributed by atoms with Gasteiger partial charge < -0.3 is 10.8 Å². The van der Waals surface area contributed by atoms with E-state index >= 15 is 0 Å². The molecule has 1 aromatic rings. The Labute approximate surface area is 119 Å². The Hall–Kier alpha value is -2.48. The van der Waals surface area contributed by atoms with Gasteiger partial charge in [0.2, 0.25) is 0 Å². The number of nitrogens with two attached hydrogens (primary N) is 1. The molecule has 0 aliphatic rings. The molecule has 0 atom stereocenters. The van der Waals surface area contributed by atoms with Crippen molar-refractivity contribution in [2.75, 3.05) is 6.54 Å². The van der Waals surface area contributed by atoms with Crippen LogP contribution < -0.4 is 5.73 Å². The maximum absolute atomic E-state index is 10.7. The summed E-state index contributed by atoms with van der Waals surface area (Å²) in [7, 11) is 0. The first-order valence-electron chi connectivity index (χ1n) is 5.20. The molecule has 0 amide bonds. The number of amidine groups is 1. The lowest BCUT2D eigenvalue weighted by molar-refractivity contribution is -0.385. The fourth-order valence-corrected chi connectivity index (χ4v) is 1.27. The highest BCUT2D eigenvalue weighted by molar-refractivity contribution is 6.33. The van der Waals surface area contributed by atoms with Crippen molar-refractivity contribution >= 4 is 35.3 Å². The van der Waals surface area contributed by atoms with E-state index in [1.807, 2.05) is 0 Å². The second-order valence-corrected chi connectivity index (χ2v) is 3.85. The highest BCUT2D eigenvalue weighted by atomic mass is 35.5. The van der Waals surface area contributed by atoms with E-state index < -0.39 is 10.9 Å². The van der Waals surface area contributed by atoms with Crippen LogP contribution in [0.5, 0.6) is 0 Å². The number of rotatable bonds is 4.